The number of halogens is 2. The molecule has 2 aliphatic carbocycles. The lowest BCUT2D eigenvalue weighted by molar-refractivity contribution is -0.124. The van der Waals surface area contributed by atoms with Crippen molar-refractivity contribution in [3.8, 4) is 23.0 Å². The molecule has 4 aromatic carbocycles. The van der Waals surface area contributed by atoms with Gasteiger partial charge in [0.05, 0.1) is 8.95 Å². The Morgan fingerprint density at radius 1 is 0.630 bits per heavy atom. The van der Waals surface area contributed by atoms with Crippen LogP contribution in [0.4, 0.5) is 11.4 Å². The molecule has 0 aromatic heterocycles. The van der Waals surface area contributed by atoms with Gasteiger partial charge in [-0.2, -0.15) is 0 Å². The molecule has 0 saturated heterocycles. The van der Waals surface area contributed by atoms with Gasteiger partial charge in [-0.05, 0) is 146 Å². The summed E-state index contributed by atoms with van der Waals surface area (Å²) in [5.74, 6) is 3.74. The summed E-state index contributed by atoms with van der Waals surface area (Å²) in [4.78, 5) is 20.2. The van der Waals surface area contributed by atoms with E-state index in [9.17, 15) is 0 Å². The molecule has 2 atom stereocenters. The number of hydrogen-bond donors (Lipinski definition) is 0. The minimum atomic E-state index is -0.501. The molecule has 7 heteroatoms. The Kier molecular flexibility index (Phi) is 7.48. The quantitative estimate of drug-likeness (QED) is 0.180. The Labute approximate surface area is 288 Å². The summed E-state index contributed by atoms with van der Waals surface area (Å²) in [5, 5.41) is 0. The van der Waals surface area contributed by atoms with Crippen molar-refractivity contribution in [3.63, 3.8) is 0 Å². The predicted molar refractivity (Wildman–Crippen MR) is 191 cm³/mol. The molecule has 0 bridgehead atoms. The van der Waals surface area contributed by atoms with Crippen LogP contribution in [-0.4, -0.2) is 28.9 Å². The molecule has 0 N–H and O–H groups in total. The van der Waals surface area contributed by atoms with Crippen molar-refractivity contribution < 1.29 is 14.3 Å². The Hall–Kier alpha value is -3.29. The Balaban J connectivity index is 1.16. The monoisotopic (exact) mass is 740 g/mol. The molecular weight excluding hydrogens is 704 g/mol. The number of nitrogens with zero attached hydrogens (tertiary/aromatic N) is 2. The van der Waals surface area contributed by atoms with Crippen molar-refractivity contribution in [1.82, 2.24) is 0 Å². The molecule has 4 aromatic rings. The molecule has 2 aliphatic heterocycles. The molecule has 0 radical (unpaired) electrons. The highest BCUT2D eigenvalue weighted by Gasteiger charge is 2.68. The molecule has 0 amide bonds. The Morgan fingerprint density at radius 3 is 1.39 bits per heavy atom. The maximum absolute atomic E-state index is 15.2. The minimum Gasteiger partial charge on any atom is -0.456 e. The third kappa shape index (κ3) is 4.88. The lowest BCUT2D eigenvalue weighted by Gasteiger charge is -2.48. The number of anilines is 2. The molecule has 236 valence electrons. The first-order valence-corrected chi connectivity index (χ1v) is 18.1. The minimum absolute atomic E-state index is 0.258. The van der Waals surface area contributed by atoms with E-state index in [1.165, 1.54) is 11.1 Å². The van der Waals surface area contributed by atoms with Gasteiger partial charge in [0.2, 0.25) is 0 Å². The first kappa shape index (κ1) is 30.1. The van der Waals surface area contributed by atoms with Gasteiger partial charge in [-0.1, -0.05) is 36.4 Å². The van der Waals surface area contributed by atoms with Crippen LogP contribution in [0.2, 0.25) is 0 Å². The first-order chi connectivity index (χ1) is 22.3. The van der Waals surface area contributed by atoms with E-state index < -0.39 is 11.1 Å². The number of carbonyl (C=O) groups is 1. The SMILES string of the molecule is C[C@H]1CCc2c(ccc(Br)c2Oc2ccccc2)N1C1(C(=O)C2(N3c4ccc(Br)c(Oc5ccccc5)c4CC[C@@H]3C)CC2)CC1. The summed E-state index contributed by atoms with van der Waals surface area (Å²) in [6.07, 6.45) is 7.35. The number of Topliss-reactive ketones (excluding diaryl/α,β-unsaturated/α-hetero) is 1. The summed E-state index contributed by atoms with van der Waals surface area (Å²) in [6, 6.07) is 29.0. The van der Waals surface area contributed by atoms with Gasteiger partial charge in [0, 0.05) is 34.6 Å². The van der Waals surface area contributed by atoms with Crippen LogP contribution >= 0.6 is 31.9 Å². The van der Waals surface area contributed by atoms with Gasteiger partial charge in [-0.3, -0.25) is 4.79 Å². The molecule has 8 rings (SSSR count). The highest BCUT2D eigenvalue weighted by Crippen LogP contribution is 2.60. The second kappa shape index (κ2) is 11.4. The number of rotatable bonds is 8. The van der Waals surface area contributed by atoms with E-state index in [0.717, 1.165) is 94.7 Å². The van der Waals surface area contributed by atoms with Crippen LogP contribution in [0.25, 0.3) is 0 Å². The maximum Gasteiger partial charge on any atom is 0.183 e. The van der Waals surface area contributed by atoms with Gasteiger partial charge in [0.1, 0.15) is 34.1 Å². The number of ether oxygens (including phenoxy) is 2. The number of hydrogen-bond acceptors (Lipinski definition) is 5. The van der Waals surface area contributed by atoms with Gasteiger partial charge in [0.25, 0.3) is 0 Å². The smallest absolute Gasteiger partial charge is 0.183 e. The van der Waals surface area contributed by atoms with Crippen molar-refractivity contribution in [2.24, 2.45) is 0 Å². The molecule has 4 aliphatic rings. The second-order valence-corrected chi connectivity index (χ2v) is 15.2. The summed E-state index contributed by atoms with van der Waals surface area (Å²) in [7, 11) is 0. The van der Waals surface area contributed by atoms with Crippen LogP contribution in [-0.2, 0) is 17.6 Å². The van der Waals surface area contributed by atoms with Gasteiger partial charge in [-0.15, -0.1) is 0 Å². The van der Waals surface area contributed by atoms with Crippen molar-refractivity contribution >= 4 is 49.0 Å². The summed E-state index contributed by atoms with van der Waals surface area (Å²) in [6.45, 7) is 4.58. The highest BCUT2D eigenvalue weighted by atomic mass is 79.9. The zero-order valence-electron chi connectivity index (χ0n) is 26.3. The lowest BCUT2D eigenvalue weighted by Crippen LogP contribution is -2.60. The molecular formula is C39H38Br2N2O3. The largest absolute Gasteiger partial charge is 0.456 e. The summed E-state index contributed by atoms with van der Waals surface area (Å²) < 4.78 is 14.9. The van der Waals surface area contributed by atoms with E-state index in [4.69, 9.17) is 9.47 Å². The standard InChI is InChI=1S/C39H38Br2N2O3/c1-25-13-15-29-33(19-17-31(40)35(29)45-27-9-5-3-6-10-27)42(25)38(21-22-38)37(44)39(23-24-39)43-26(2)14-16-30-34(43)20-18-32(41)36(30)46-28-11-7-4-8-12-28/h3-12,17-20,25-26H,13-16,21-24H2,1-2H3/t25-,26-/m0/s1. The van der Waals surface area contributed by atoms with Crippen molar-refractivity contribution in [1.29, 1.82) is 0 Å². The molecule has 5 nitrogen and oxygen atoms in total. The average molecular weight is 743 g/mol. The number of benzene rings is 4. The Bertz CT molecular complexity index is 1670. The summed E-state index contributed by atoms with van der Waals surface area (Å²) >= 11 is 7.56. The van der Waals surface area contributed by atoms with Crippen LogP contribution < -0.4 is 19.3 Å². The highest BCUT2D eigenvalue weighted by molar-refractivity contribution is 9.11. The fraction of sp³-hybridized carbons (Fsp3) is 0.359. The topological polar surface area (TPSA) is 42.0 Å². The van der Waals surface area contributed by atoms with Gasteiger partial charge < -0.3 is 19.3 Å². The van der Waals surface area contributed by atoms with E-state index >= 15 is 4.79 Å². The van der Waals surface area contributed by atoms with Crippen molar-refractivity contribution in [2.45, 2.75) is 88.4 Å². The number of ketones is 1. The van der Waals surface area contributed by atoms with E-state index in [0.29, 0.717) is 5.78 Å². The molecule has 2 fully saturated rings. The third-order valence-electron chi connectivity index (χ3n) is 10.5. The predicted octanol–water partition coefficient (Wildman–Crippen LogP) is 10.4. The molecule has 0 spiro atoms. The zero-order valence-corrected chi connectivity index (χ0v) is 29.4. The zero-order chi connectivity index (χ0) is 31.6. The fourth-order valence-corrected chi connectivity index (χ4v) is 9.02. The van der Waals surface area contributed by atoms with Crippen LogP contribution in [0.1, 0.15) is 63.5 Å². The van der Waals surface area contributed by atoms with Gasteiger partial charge >= 0.3 is 0 Å². The van der Waals surface area contributed by atoms with E-state index in [1.807, 2.05) is 60.7 Å². The lowest BCUT2D eigenvalue weighted by atomic mass is 9.86. The maximum atomic E-state index is 15.2. The van der Waals surface area contributed by atoms with E-state index in [1.54, 1.807) is 0 Å². The number of carbonyl (C=O) groups excluding carboxylic acids is 1. The number of para-hydroxylation sites is 2. The van der Waals surface area contributed by atoms with Crippen molar-refractivity contribution in [3.05, 3.63) is 105 Å². The fourth-order valence-electron chi connectivity index (χ4n) is 8.11. The molecule has 46 heavy (non-hydrogen) atoms. The average Bonchev–Trinajstić information content (AvgIpc) is 4.01. The van der Waals surface area contributed by atoms with E-state index in [-0.39, 0.29) is 12.1 Å². The third-order valence-corrected chi connectivity index (χ3v) is 11.8. The van der Waals surface area contributed by atoms with Crippen LogP contribution in [0, 0.1) is 0 Å². The number of fused-ring (bicyclic) bond motifs is 2. The summed E-state index contributed by atoms with van der Waals surface area (Å²) in [5.41, 5.74) is 3.65. The van der Waals surface area contributed by atoms with Crippen LogP contribution in [0.5, 0.6) is 23.0 Å². The first-order valence-electron chi connectivity index (χ1n) is 16.5. The Morgan fingerprint density at radius 2 is 1.02 bits per heavy atom. The normalized spacial score (nSPS) is 22.0. The van der Waals surface area contributed by atoms with Gasteiger partial charge in [-0.25, -0.2) is 0 Å². The molecule has 2 saturated carbocycles. The molecule has 2 heterocycles. The van der Waals surface area contributed by atoms with Crippen LogP contribution in [0.15, 0.2) is 93.9 Å². The van der Waals surface area contributed by atoms with E-state index in [2.05, 4.69) is 79.8 Å². The molecule has 0 unspecified atom stereocenters. The second-order valence-electron chi connectivity index (χ2n) is 13.5. The van der Waals surface area contributed by atoms with Crippen LogP contribution in [0.3, 0.4) is 0 Å². The van der Waals surface area contributed by atoms with Crippen molar-refractivity contribution in [2.75, 3.05) is 9.80 Å². The van der Waals surface area contributed by atoms with Gasteiger partial charge in [0.15, 0.2) is 5.78 Å².